The van der Waals surface area contributed by atoms with E-state index in [1.165, 1.54) is 42.6 Å². The van der Waals surface area contributed by atoms with Gasteiger partial charge in [-0.2, -0.15) is 0 Å². The molecule has 0 aliphatic carbocycles. The number of halogens is 2. The molecule has 0 unspecified atom stereocenters. The Morgan fingerprint density at radius 2 is 1.69 bits per heavy atom. The number of benzene rings is 2. The molecule has 1 aliphatic rings. The third-order valence-electron chi connectivity index (χ3n) is 4.30. The largest absolute Gasteiger partial charge is 0.362 e. The molecular weight excluding hydrogens is 358 g/mol. The van der Waals surface area contributed by atoms with Crippen LogP contribution in [0.2, 0.25) is 0 Å². The number of pyridine rings is 1. The lowest BCUT2D eigenvalue weighted by Gasteiger charge is -2.23. The monoisotopic (exact) mass is 372 g/mol. The van der Waals surface area contributed by atoms with E-state index < -0.39 is 21.5 Å². The van der Waals surface area contributed by atoms with Crippen LogP contribution in [0.1, 0.15) is 0 Å². The summed E-state index contributed by atoms with van der Waals surface area (Å²) < 4.78 is 53.4. The Balaban J connectivity index is 2.00. The van der Waals surface area contributed by atoms with Crippen LogP contribution in [0.25, 0.3) is 10.9 Å². The van der Waals surface area contributed by atoms with Crippen LogP contribution in [0.5, 0.6) is 0 Å². The van der Waals surface area contributed by atoms with Crippen LogP contribution in [-0.2, 0) is 9.84 Å². The minimum Gasteiger partial charge on any atom is -0.362 e. The quantitative estimate of drug-likeness (QED) is 0.658. The van der Waals surface area contributed by atoms with E-state index in [0.717, 1.165) is 6.07 Å². The fraction of sp³-hybridized carbons (Fsp3) is 0.105. The average Bonchev–Trinajstić information content (AvgIpc) is 3.14. The van der Waals surface area contributed by atoms with Crippen molar-refractivity contribution in [1.29, 1.82) is 0 Å². The molecule has 0 spiro atoms. The SMILES string of the molecule is O=S(=O)(c1cccc(F)c1)c1cnc2cc(F)ccc2c1N1CC=CC1. The van der Waals surface area contributed by atoms with Crippen LogP contribution in [0.3, 0.4) is 0 Å². The van der Waals surface area contributed by atoms with Gasteiger partial charge in [0.25, 0.3) is 0 Å². The van der Waals surface area contributed by atoms with E-state index in [2.05, 4.69) is 4.98 Å². The first-order chi connectivity index (χ1) is 12.5. The topological polar surface area (TPSA) is 50.3 Å². The zero-order valence-corrected chi connectivity index (χ0v) is 14.4. The zero-order chi connectivity index (χ0) is 18.3. The lowest BCUT2D eigenvalue weighted by Crippen LogP contribution is -2.22. The van der Waals surface area contributed by atoms with Crippen molar-refractivity contribution < 1.29 is 17.2 Å². The van der Waals surface area contributed by atoms with E-state index in [-0.39, 0.29) is 9.79 Å². The highest BCUT2D eigenvalue weighted by molar-refractivity contribution is 7.91. The third kappa shape index (κ3) is 2.74. The number of nitrogens with zero attached hydrogens (tertiary/aromatic N) is 2. The lowest BCUT2D eigenvalue weighted by molar-refractivity contribution is 0.590. The number of sulfone groups is 1. The predicted molar refractivity (Wildman–Crippen MR) is 94.9 cm³/mol. The molecule has 2 heterocycles. The Bertz CT molecular complexity index is 1140. The summed E-state index contributed by atoms with van der Waals surface area (Å²) in [6.07, 6.45) is 5.07. The summed E-state index contributed by atoms with van der Waals surface area (Å²) in [6.45, 7) is 1.06. The van der Waals surface area contributed by atoms with Gasteiger partial charge in [-0.25, -0.2) is 17.2 Å². The predicted octanol–water partition coefficient (Wildman–Crippen LogP) is 3.72. The fourth-order valence-electron chi connectivity index (χ4n) is 3.08. The highest BCUT2D eigenvalue weighted by atomic mass is 32.2. The van der Waals surface area contributed by atoms with Crippen molar-refractivity contribution in [2.75, 3.05) is 18.0 Å². The number of hydrogen-bond donors (Lipinski definition) is 0. The van der Waals surface area contributed by atoms with Crippen molar-refractivity contribution in [1.82, 2.24) is 4.98 Å². The summed E-state index contributed by atoms with van der Waals surface area (Å²) in [7, 11) is -4.00. The first kappa shape index (κ1) is 16.7. The maximum atomic E-state index is 13.6. The van der Waals surface area contributed by atoms with E-state index in [1.54, 1.807) is 0 Å². The van der Waals surface area contributed by atoms with Crippen LogP contribution in [0.15, 0.2) is 70.6 Å². The minimum absolute atomic E-state index is 0.0223. The molecule has 7 heteroatoms. The molecule has 2 aromatic carbocycles. The summed E-state index contributed by atoms with van der Waals surface area (Å²) in [5.74, 6) is -1.08. The molecule has 1 aliphatic heterocycles. The van der Waals surface area contributed by atoms with E-state index in [9.17, 15) is 17.2 Å². The van der Waals surface area contributed by atoms with Gasteiger partial charge < -0.3 is 4.90 Å². The van der Waals surface area contributed by atoms with Gasteiger partial charge in [0.1, 0.15) is 16.5 Å². The number of anilines is 1. The smallest absolute Gasteiger partial charge is 0.210 e. The van der Waals surface area contributed by atoms with E-state index in [1.807, 2.05) is 17.1 Å². The summed E-state index contributed by atoms with van der Waals surface area (Å²) in [5.41, 5.74) is 0.814. The number of hydrogen-bond acceptors (Lipinski definition) is 4. The molecule has 0 bridgehead atoms. The second kappa shape index (κ2) is 6.17. The summed E-state index contributed by atoms with van der Waals surface area (Å²) in [4.78, 5) is 5.83. The molecule has 4 rings (SSSR count). The van der Waals surface area contributed by atoms with Gasteiger partial charge in [-0.1, -0.05) is 18.2 Å². The summed E-state index contributed by atoms with van der Waals surface area (Å²) >= 11 is 0. The minimum atomic E-state index is -4.00. The van der Waals surface area contributed by atoms with Crippen molar-refractivity contribution in [3.63, 3.8) is 0 Å². The molecule has 0 N–H and O–H groups in total. The van der Waals surface area contributed by atoms with Crippen molar-refractivity contribution in [3.8, 4) is 0 Å². The van der Waals surface area contributed by atoms with Gasteiger partial charge in [0, 0.05) is 30.7 Å². The third-order valence-corrected chi connectivity index (χ3v) is 6.05. The van der Waals surface area contributed by atoms with Crippen LogP contribution in [0.4, 0.5) is 14.5 Å². The van der Waals surface area contributed by atoms with Crippen LogP contribution < -0.4 is 4.90 Å². The van der Waals surface area contributed by atoms with E-state index in [0.29, 0.717) is 29.7 Å². The second-order valence-corrected chi connectivity index (χ2v) is 7.89. The van der Waals surface area contributed by atoms with Gasteiger partial charge in [0.15, 0.2) is 0 Å². The van der Waals surface area contributed by atoms with Crippen molar-refractivity contribution in [2.24, 2.45) is 0 Å². The Hall–Kier alpha value is -2.80. The molecule has 0 saturated carbocycles. The zero-order valence-electron chi connectivity index (χ0n) is 13.6. The molecule has 0 atom stereocenters. The lowest BCUT2D eigenvalue weighted by atomic mass is 10.1. The Morgan fingerprint density at radius 1 is 0.962 bits per heavy atom. The average molecular weight is 372 g/mol. The Labute approximate surface area is 149 Å². The molecule has 0 radical (unpaired) electrons. The summed E-state index contributed by atoms with van der Waals surface area (Å²) in [5, 5.41) is 0.535. The fourth-order valence-corrected chi connectivity index (χ4v) is 4.54. The van der Waals surface area contributed by atoms with Gasteiger partial charge in [0.2, 0.25) is 9.84 Å². The second-order valence-electron chi connectivity index (χ2n) is 5.97. The normalized spacial score (nSPS) is 14.3. The molecule has 0 fully saturated rings. The van der Waals surface area contributed by atoms with Gasteiger partial charge in [-0.15, -0.1) is 0 Å². The van der Waals surface area contributed by atoms with Crippen molar-refractivity contribution >= 4 is 26.4 Å². The number of aromatic nitrogens is 1. The number of fused-ring (bicyclic) bond motifs is 1. The van der Waals surface area contributed by atoms with Gasteiger partial charge in [0.05, 0.1) is 16.1 Å². The maximum absolute atomic E-state index is 13.6. The molecular formula is C19H14F2N2O2S. The Morgan fingerprint density at radius 3 is 2.42 bits per heavy atom. The molecule has 132 valence electrons. The molecule has 26 heavy (non-hydrogen) atoms. The van der Waals surface area contributed by atoms with Gasteiger partial charge >= 0.3 is 0 Å². The van der Waals surface area contributed by atoms with Crippen LogP contribution >= 0.6 is 0 Å². The molecule has 3 aromatic rings. The first-order valence-corrected chi connectivity index (χ1v) is 9.44. The van der Waals surface area contributed by atoms with Crippen molar-refractivity contribution in [3.05, 3.63) is 72.4 Å². The van der Waals surface area contributed by atoms with Crippen LogP contribution in [0, 0.1) is 11.6 Å². The number of rotatable bonds is 3. The summed E-state index contributed by atoms with van der Waals surface area (Å²) in [6, 6.07) is 8.93. The first-order valence-electron chi connectivity index (χ1n) is 7.96. The molecule has 4 nitrogen and oxygen atoms in total. The van der Waals surface area contributed by atoms with Crippen LogP contribution in [-0.4, -0.2) is 26.5 Å². The van der Waals surface area contributed by atoms with Gasteiger partial charge in [-0.05, 0) is 30.3 Å². The standard InChI is InChI=1S/C19H14F2N2O2S/c20-13-4-3-5-15(10-13)26(24,25)18-12-22-17-11-14(21)6-7-16(17)19(18)23-8-1-2-9-23/h1-7,10-12H,8-9H2. The maximum Gasteiger partial charge on any atom is 0.210 e. The molecule has 0 amide bonds. The van der Waals surface area contributed by atoms with Gasteiger partial charge in [-0.3, -0.25) is 4.98 Å². The van der Waals surface area contributed by atoms with Crippen molar-refractivity contribution in [2.45, 2.75) is 9.79 Å². The Kier molecular flexibility index (Phi) is 3.96. The van der Waals surface area contributed by atoms with E-state index in [4.69, 9.17) is 0 Å². The highest BCUT2D eigenvalue weighted by Crippen LogP contribution is 2.36. The highest BCUT2D eigenvalue weighted by Gasteiger charge is 2.27. The van der Waals surface area contributed by atoms with E-state index >= 15 is 0 Å². The molecule has 0 saturated heterocycles. The molecule has 1 aromatic heterocycles.